The first-order valence-corrected chi connectivity index (χ1v) is 7.64. The predicted molar refractivity (Wildman–Crippen MR) is 55.5 cm³/mol. The van der Waals surface area contributed by atoms with E-state index < -0.39 is 8.24 Å². The Hall–Kier alpha value is 0.177. The molecule has 0 rings (SSSR count). The second-order valence-corrected chi connectivity index (χ2v) is 8.49. The quantitative estimate of drug-likeness (QED) is 0.630. The molecule has 68 valence electrons. The normalized spacial score (nSPS) is 19.4. The van der Waals surface area contributed by atoms with Gasteiger partial charge in [0.15, 0.2) is 0 Å². The second-order valence-electron chi connectivity index (χ2n) is 3.61. The molecule has 0 heterocycles. The maximum Gasteiger partial charge on any atom is 0.125 e. The van der Waals surface area contributed by atoms with E-state index in [1.165, 1.54) is 12.5 Å². The van der Waals surface area contributed by atoms with Crippen molar-refractivity contribution in [3.05, 3.63) is 0 Å². The van der Waals surface area contributed by atoms with E-state index in [9.17, 15) is 0 Å². The lowest BCUT2D eigenvalue weighted by Crippen LogP contribution is -2.50. The van der Waals surface area contributed by atoms with Crippen LogP contribution in [0, 0.1) is 0 Å². The third-order valence-electron chi connectivity index (χ3n) is 3.02. The fraction of sp³-hybridized carbons (Fsp3) is 1.00. The van der Waals surface area contributed by atoms with E-state index >= 15 is 0 Å². The van der Waals surface area contributed by atoms with Crippen LogP contribution in [0.15, 0.2) is 0 Å². The summed E-state index contributed by atoms with van der Waals surface area (Å²) < 4.78 is 0. The lowest BCUT2D eigenvalue weighted by molar-refractivity contribution is 0.783. The molecular weight excluding hydrogens is 150 g/mol. The van der Waals surface area contributed by atoms with Crippen molar-refractivity contribution in [2.24, 2.45) is 0 Å². The minimum atomic E-state index is -1.08. The molecule has 0 aromatic carbocycles. The lowest BCUT2D eigenvalue weighted by Gasteiger charge is -2.32. The van der Waals surface area contributed by atoms with Crippen LogP contribution >= 0.6 is 0 Å². The van der Waals surface area contributed by atoms with E-state index in [1.807, 2.05) is 0 Å². The Labute approximate surface area is 72.7 Å². The van der Waals surface area contributed by atoms with E-state index in [0.29, 0.717) is 0 Å². The zero-order chi connectivity index (χ0) is 8.91. The summed E-state index contributed by atoms with van der Waals surface area (Å²) in [5, 5.41) is 0. The average molecular weight is 173 g/mol. The van der Waals surface area contributed by atoms with Crippen molar-refractivity contribution in [3.63, 3.8) is 0 Å². The molecule has 0 aliphatic carbocycles. The predicted octanol–water partition coefficient (Wildman–Crippen LogP) is 2.99. The molecule has 0 amide bonds. The molecule has 2 atom stereocenters. The van der Waals surface area contributed by atoms with Crippen LogP contribution in [0.3, 0.4) is 0 Å². The molecule has 0 saturated heterocycles. The molecule has 1 nitrogen and oxygen atoms in total. The highest BCUT2D eigenvalue weighted by Gasteiger charge is 2.29. The highest BCUT2D eigenvalue weighted by molar-refractivity contribution is 6.77. The van der Waals surface area contributed by atoms with Crippen molar-refractivity contribution in [1.82, 2.24) is 4.98 Å². The summed E-state index contributed by atoms with van der Waals surface area (Å²) in [7, 11) is -1.08. The number of rotatable bonds is 5. The molecule has 0 aliphatic rings. The van der Waals surface area contributed by atoms with Crippen LogP contribution in [-0.2, 0) is 0 Å². The van der Waals surface area contributed by atoms with Gasteiger partial charge in [-0.05, 0) is 18.1 Å². The molecular formula is C9H23NSi. The van der Waals surface area contributed by atoms with E-state index in [1.54, 1.807) is 0 Å². The largest absolute Gasteiger partial charge is 0.337 e. The van der Waals surface area contributed by atoms with Crippen LogP contribution < -0.4 is 4.98 Å². The van der Waals surface area contributed by atoms with Crippen LogP contribution in [-0.4, -0.2) is 14.8 Å². The number of hydrogen-bond acceptors (Lipinski definition) is 1. The molecule has 0 radical (unpaired) electrons. The van der Waals surface area contributed by atoms with Gasteiger partial charge >= 0.3 is 0 Å². The second kappa shape index (κ2) is 4.94. The van der Waals surface area contributed by atoms with E-state index in [-0.39, 0.29) is 0 Å². The molecule has 11 heavy (non-hydrogen) atoms. The van der Waals surface area contributed by atoms with Gasteiger partial charge in [-0.2, -0.15) is 0 Å². The van der Waals surface area contributed by atoms with Gasteiger partial charge in [0.2, 0.25) is 0 Å². The van der Waals surface area contributed by atoms with Gasteiger partial charge in [-0.1, -0.05) is 40.7 Å². The minimum Gasteiger partial charge on any atom is -0.337 e. The van der Waals surface area contributed by atoms with Crippen LogP contribution in [0.25, 0.3) is 0 Å². The molecule has 0 bridgehead atoms. The Morgan fingerprint density at radius 3 is 2.09 bits per heavy atom. The summed E-state index contributed by atoms with van der Waals surface area (Å²) in [5.74, 6) is 0. The Bertz CT molecular complexity index is 106. The van der Waals surface area contributed by atoms with Gasteiger partial charge in [-0.3, -0.25) is 0 Å². The maximum absolute atomic E-state index is 3.70. The molecule has 0 aliphatic heterocycles. The molecule has 2 unspecified atom stereocenters. The fourth-order valence-corrected chi connectivity index (χ4v) is 4.51. The fourth-order valence-electron chi connectivity index (χ4n) is 1.50. The van der Waals surface area contributed by atoms with Crippen molar-refractivity contribution in [3.8, 4) is 0 Å². The van der Waals surface area contributed by atoms with E-state index in [4.69, 9.17) is 0 Å². The van der Waals surface area contributed by atoms with E-state index in [2.05, 4.69) is 39.2 Å². The molecule has 2 heteroatoms. The number of hydrogen-bond donors (Lipinski definition) is 1. The molecule has 0 aromatic rings. The zero-order valence-electron chi connectivity index (χ0n) is 8.70. The highest BCUT2D eigenvalue weighted by Crippen LogP contribution is 2.25. The van der Waals surface area contributed by atoms with E-state index in [0.717, 1.165) is 12.1 Å². The van der Waals surface area contributed by atoms with Gasteiger partial charge < -0.3 is 4.98 Å². The van der Waals surface area contributed by atoms with Crippen molar-refractivity contribution < 1.29 is 0 Å². The van der Waals surface area contributed by atoms with Crippen LogP contribution in [0.1, 0.15) is 34.1 Å². The van der Waals surface area contributed by atoms with Gasteiger partial charge in [0.25, 0.3) is 0 Å². The average Bonchev–Trinajstić information content (AvgIpc) is 2.03. The summed E-state index contributed by atoms with van der Waals surface area (Å²) in [6.07, 6.45) is 1.32. The van der Waals surface area contributed by atoms with Crippen LogP contribution in [0.2, 0.25) is 18.1 Å². The molecule has 0 aromatic heterocycles. The summed E-state index contributed by atoms with van der Waals surface area (Å²) in [5.41, 5.74) is 0.910. The van der Waals surface area contributed by atoms with Crippen molar-refractivity contribution in [1.29, 1.82) is 0 Å². The Balaban J connectivity index is 4.07. The SMILES string of the molecule is CCN[Si](C)(CC)C(C)CC. The van der Waals surface area contributed by atoms with Gasteiger partial charge in [0.05, 0.1) is 0 Å². The third-order valence-corrected chi connectivity index (χ3v) is 8.23. The standard InChI is InChI=1S/C9H23NSi/c1-6-9(4)11(5,8-3)10-7-2/h9-10H,6-8H2,1-5H3. The van der Waals surface area contributed by atoms with Gasteiger partial charge in [0, 0.05) is 0 Å². The number of nitrogens with one attached hydrogen (secondary N) is 1. The first kappa shape index (κ1) is 11.2. The minimum absolute atomic E-state index is 0.910. The first-order valence-electron chi connectivity index (χ1n) is 4.85. The van der Waals surface area contributed by atoms with Crippen LogP contribution in [0.5, 0.6) is 0 Å². The van der Waals surface area contributed by atoms with Crippen molar-refractivity contribution in [2.45, 2.75) is 52.2 Å². The van der Waals surface area contributed by atoms with Gasteiger partial charge in [-0.15, -0.1) is 0 Å². The molecule has 0 fully saturated rings. The zero-order valence-corrected chi connectivity index (χ0v) is 9.70. The Morgan fingerprint density at radius 1 is 1.27 bits per heavy atom. The Kier molecular flexibility index (Phi) is 5.02. The van der Waals surface area contributed by atoms with Crippen LogP contribution in [0.4, 0.5) is 0 Å². The summed E-state index contributed by atoms with van der Waals surface area (Å²) in [6, 6.07) is 1.36. The molecule has 0 saturated carbocycles. The van der Waals surface area contributed by atoms with Crippen molar-refractivity contribution >= 4 is 8.24 Å². The van der Waals surface area contributed by atoms with Crippen molar-refractivity contribution in [2.75, 3.05) is 6.54 Å². The molecule has 1 N–H and O–H groups in total. The Morgan fingerprint density at radius 2 is 1.82 bits per heavy atom. The van der Waals surface area contributed by atoms with Gasteiger partial charge in [-0.25, -0.2) is 0 Å². The molecule has 0 spiro atoms. The monoisotopic (exact) mass is 173 g/mol. The topological polar surface area (TPSA) is 12.0 Å². The summed E-state index contributed by atoms with van der Waals surface area (Å²) >= 11 is 0. The lowest BCUT2D eigenvalue weighted by atomic mass is 10.4. The highest BCUT2D eigenvalue weighted by atomic mass is 28.3. The maximum atomic E-state index is 3.70. The smallest absolute Gasteiger partial charge is 0.125 e. The third kappa shape index (κ3) is 2.95. The first-order chi connectivity index (χ1) is 5.10. The summed E-state index contributed by atoms with van der Waals surface area (Å²) in [6.45, 7) is 12.8. The summed E-state index contributed by atoms with van der Waals surface area (Å²) in [4.78, 5) is 3.70. The van der Waals surface area contributed by atoms with Gasteiger partial charge in [0.1, 0.15) is 8.24 Å².